The summed E-state index contributed by atoms with van der Waals surface area (Å²) in [5.41, 5.74) is 1.10. The number of unbranched alkanes of at least 4 members (excludes halogenated alkanes) is 2. The molecule has 0 saturated carbocycles. The van der Waals surface area contributed by atoms with Gasteiger partial charge >= 0.3 is 0 Å². The van der Waals surface area contributed by atoms with Crippen LogP contribution in [0.2, 0.25) is 0 Å². The van der Waals surface area contributed by atoms with E-state index in [4.69, 9.17) is 14.2 Å². The molecule has 1 aliphatic heterocycles. The summed E-state index contributed by atoms with van der Waals surface area (Å²) < 4.78 is 49.4. The van der Waals surface area contributed by atoms with Crippen LogP contribution in [0, 0.1) is 0 Å². The molecule has 2 aromatic rings. The Balaban J connectivity index is 1.73. The molecule has 10 heteroatoms. The van der Waals surface area contributed by atoms with Crippen molar-refractivity contribution in [1.29, 1.82) is 0 Å². The molecule has 1 heterocycles. The second kappa shape index (κ2) is 18.5. The maximum Gasteiger partial charge on any atom is 0.241 e. The minimum atomic E-state index is -3.92. The molecular formula is C37H61N3O6S. The highest BCUT2D eigenvalue weighted by Gasteiger charge is 2.44. The largest absolute Gasteiger partial charge is 0.850 e. The van der Waals surface area contributed by atoms with Crippen LogP contribution in [0.1, 0.15) is 90.2 Å². The molecule has 0 spiro atoms. The molecule has 0 aliphatic carbocycles. The highest BCUT2D eigenvalue weighted by atomic mass is 32.2. The summed E-state index contributed by atoms with van der Waals surface area (Å²) >= 11 is 0. The van der Waals surface area contributed by atoms with Crippen LogP contribution in [0.3, 0.4) is 0 Å². The first-order chi connectivity index (χ1) is 22.5. The monoisotopic (exact) mass is 675 g/mol. The normalized spacial score (nSPS) is 18.8. The molecular weight excluding hydrogens is 614 g/mol. The van der Waals surface area contributed by atoms with Crippen LogP contribution in [0.15, 0.2) is 47.4 Å². The molecule has 2 aromatic carbocycles. The topological polar surface area (TPSA) is 100 Å². The molecule has 2 atom stereocenters. The summed E-state index contributed by atoms with van der Waals surface area (Å²) in [6, 6.07) is 12.9. The number of benzene rings is 2. The number of fused-ring (bicyclic) bond motifs is 1. The van der Waals surface area contributed by atoms with Gasteiger partial charge in [0.1, 0.15) is 18.9 Å². The predicted molar refractivity (Wildman–Crippen MR) is 189 cm³/mol. The number of ether oxygens (including phenoxy) is 3. The number of hydrogen-bond acceptors (Lipinski definition) is 7. The summed E-state index contributed by atoms with van der Waals surface area (Å²) in [6.45, 7) is 17.9. The van der Waals surface area contributed by atoms with Crippen molar-refractivity contribution >= 4 is 15.7 Å². The number of hydrogen-bond donors (Lipinski definition) is 1. The second-order valence-electron chi connectivity index (χ2n) is 13.1. The average molecular weight is 676 g/mol. The maximum atomic E-state index is 14.8. The number of anilines is 1. The quantitative estimate of drug-likeness (QED) is 0.141. The van der Waals surface area contributed by atoms with E-state index >= 15 is 0 Å². The number of likely N-dealkylation sites (N-methyl/N-ethyl adjacent to an activating group) is 1. The highest BCUT2D eigenvalue weighted by molar-refractivity contribution is 7.89. The standard InChI is InChI=1S/C37H61N3O6S/c1-8-13-21-37(22-14-9-2)36(41)35(33-29-31(39(6)7)17-20-34(33)47(42,43)38-37)30-15-18-32(19-16-30)46-28-27-45-26-25-44-24-23-40(10-3,11-4)12-5/h15-20,29,35-36,38H,8-14,21-28H2,1-7H3/t35-,36-/m1/s1. The zero-order valence-electron chi connectivity index (χ0n) is 30.1. The summed E-state index contributed by atoms with van der Waals surface area (Å²) in [7, 11) is -0.0898. The lowest BCUT2D eigenvalue weighted by Crippen LogP contribution is -2.62. The van der Waals surface area contributed by atoms with Crippen LogP contribution in [-0.4, -0.2) is 97.9 Å². The number of rotatable bonds is 21. The van der Waals surface area contributed by atoms with Crippen LogP contribution in [0.25, 0.3) is 0 Å². The van der Waals surface area contributed by atoms with Crippen molar-refractivity contribution in [2.75, 3.05) is 78.2 Å². The zero-order valence-corrected chi connectivity index (χ0v) is 30.9. The number of nitrogens with one attached hydrogen (secondary N) is 1. The lowest BCUT2D eigenvalue weighted by molar-refractivity contribution is -0.923. The van der Waals surface area contributed by atoms with Crippen molar-refractivity contribution in [2.24, 2.45) is 0 Å². The van der Waals surface area contributed by atoms with Crippen LogP contribution in [-0.2, 0) is 19.5 Å². The van der Waals surface area contributed by atoms with E-state index in [9.17, 15) is 13.5 Å². The van der Waals surface area contributed by atoms with Gasteiger partial charge in [0.05, 0.1) is 51.0 Å². The van der Waals surface area contributed by atoms with Gasteiger partial charge in [0.15, 0.2) is 0 Å². The third kappa shape index (κ3) is 10.2. The smallest absolute Gasteiger partial charge is 0.241 e. The number of nitrogens with zero attached hydrogens (tertiary/aromatic N) is 2. The third-order valence-electron chi connectivity index (χ3n) is 10.1. The summed E-state index contributed by atoms with van der Waals surface area (Å²) in [4.78, 5) is 2.12. The van der Waals surface area contributed by atoms with Crippen molar-refractivity contribution in [3.63, 3.8) is 0 Å². The molecule has 0 fully saturated rings. The van der Waals surface area contributed by atoms with Crippen molar-refractivity contribution in [3.05, 3.63) is 53.6 Å². The predicted octanol–water partition coefficient (Wildman–Crippen LogP) is 5.31. The van der Waals surface area contributed by atoms with Crippen molar-refractivity contribution in [2.45, 2.75) is 95.6 Å². The fraction of sp³-hybridized carbons (Fsp3) is 0.676. The molecule has 3 rings (SSSR count). The minimum absolute atomic E-state index is 0.185. The number of sulfonamides is 1. The maximum absolute atomic E-state index is 14.8. The molecule has 1 aliphatic rings. The van der Waals surface area contributed by atoms with Crippen molar-refractivity contribution in [3.8, 4) is 5.75 Å². The molecule has 1 N–H and O–H groups in total. The van der Waals surface area contributed by atoms with E-state index < -0.39 is 27.6 Å². The average Bonchev–Trinajstić information content (AvgIpc) is 3.14. The second-order valence-corrected chi connectivity index (χ2v) is 14.8. The fourth-order valence-electron chi connectivity index (χ4n) is 6.73. The van der Waals surface area contributed by atoms with Gasteiger partial charge in [-0.1, -0.05) is 57.8 Å². The van der Waals surface area contributed by atoms with E-state index in [-0.39, 0.29) is 4.90 Å². The Bertz CT molecular complexity index is 1300. The molecule has 9 nitrogen and oxygen atoms in total. The van der Waals surface area contributed by atoms with Crippen LogP contribution in [0.5, 0.6) is 5.75 Å². The first-order valence-electron chi connectivity index (χ1n) is 17.8. The molecule has 0 amide bonds. The van der Waals surface area contributed by atoms with Gasteiger partial charge in [-0.15, -0.1) is 0 Å². The Hall–Kier alpha value is -2.21. The third-order valence-corrected chi connectivity index (χ3v) is 11.7. The zero-order chi connectivity index (χ0) is 34.5. The van der Waals surface area contributed by atoms with Crippen LogP contribution >= 0.6 is 0 Å². The molecule has 47 heavy (non-hydrogen) atoms. The summed E-state index contributed by atoms with van der Waals surface area (Å²) in [5.74, 6) is 0.0189. The molecule has 266 valence electrons. The molecule has 0 bridgehead atoms. The fourth-order valence-corrected chi connectivity index (χ4v) is 8.44. The van der Waals surface area contributed by atoms with Crippen LogP contribution < -0.4 is 19.5 Å². The first kappa shape index (κ1) is 39.2. The van der Waals surface area contributed by atoms with Crippen LogP contribution in [0.4, 0.5) is 5.69 Å². The SMILES string of the molecule is CCCCC1(CCCC)NS(=O)(=O)c2ccc(N(C)C)cc2[C@@H](c2ccc(OCCOCCOCC[N+](CC)(CC)CC)cc2)[C@H]1[O-]. The Morgan fingerprint density at radius 3 is 1.96 bits per heavy atom. The van der Waals surface area contributed by atoms with Gasteiger partial charge in [0.25, 0.3) is 0 Å². The van der Waals surface area contributed by atoms with E-state index in [1.165, 1.54) is 0 Å². The van der Waals surface area contributed by atoms with Crippen molar-refractivity contribution in [1.82, 2.24) is 4.72 Å². The Morgan fingerprint density at radius 2 is 1.40 bits per heavy atom. The summed E-state index contributed by atoms with van der Waals surface area (Å²) in [5, 5.41) is 14.8. The van der Waals surface area contributed by atoms with Gasteiger partial charge < -0.3 is 28.7 Å². The van der Waals surface area contributed by atoms with Gasteiger partial charge in [-0.3, -0.25) is 0 Å². The van der Waals surface area contributed by atoms with Gasteiger partial charge in [0.2, 0.25) is 10.0 Å². The molecule has 0 aromatic heterocycles. The first-order valence-corrected chi connectivity index (χ1v) is 19.2. The number of quaternary nitrogens is 1. The van der Waals surface area contributed by atoms with E-state index in [1.807, 2.05) is 49.3 Å². The van der Waals surface area contributed by atoms with E-state index in [0.29, 0.717) is 50.6 Å². The Labute approximate surface area is 285 Å². The van der Waals surface area contributed by atoms with Gasteiger partial charge in [0, 0.05) is 25.3 Å². The Kier molecular flexibility index (Phi) is 15.5. The van der Waals surface area contributed by atoms with E-state index in [1.54, 1.807) is 12.1 Å². The lowest BCUT2D eigenvalue weighted by Gasteiger charge is -2.48. The molecule has 0 unspecified atom stereocenters. The summed E-state index contributed by atoms with van der Waals surface area (Å²) in [6.07, 6.45) is 3.10. The lowest BCUT2D eigenvalue weighted by atomic mass is 9.73. The van der Waals surface area contributed by atoms with Gasteiger partial charge in [-0.2, -0.15) is 0 Å². The van der Waals surface area contributed by atoms with E-state index in [0.717, 1.165) is 74.2 Å². The molecule has 0 radical (unpaired) electrons. The minimum Gasteiger partial charge on any atom is -0.850 e. The van der Waals surface area contributed by atoms with Gasteiger partial charge in [-0.05, 0) is 81.0 Å². The van der Waals surface area contributed by atoms with Gasteiger partial charge in [-0.25, -0.2) is 13.1 Å². The van der Waals surface area contributed by atoms with Crippen molar-refractivity contribution < 1.29 is 32.2 Å². The van der Waals surface area contributed by atoms with E-state index in [2.05, 4.69) is 39.3 Å². The highest BCUT2D eigenvalue weighted by Crippen LogP contribution is 2.44. The Morgan fingerprint density at radius 1 is 0.830 bits per heavy atom. The molecule has 0 saturated heterocycles.